The first kappa shape index (κ1) is 41.9. The highest BCUT2D eigenvalue weighted by atomic mass is 16.6. The minimum absolute atomic E-state index is 0.0804. The van der Waals surface area contributed by atoms with Crippen molar-refractivity contribution in [2.75, 3.05) is 0 Å². The molecule has 0 aliphatic rings. The molecule has 5 atom stereocenters. The number of aryl methyl sites for hydroxylation is 1. The van der Waals surface area contributed by atoms with E-state index in [1.165, 1.54) is 0 Å². The van der Waals surface area contributed by atoms with Gasteiger partial charge in [0.05, 0.1) is 29.6 Å². The zero-order valence-electron chi connectivity index (χ0n) is 32.0. The summed E-state index contributed by atoms with van der Waals surface area (Å²) < 4.78 is 10.7. The Labute approximate surface area is 322 Å². The molecule has 0 aliphatic heterocycles. The van der Waals surface area contributed by atoms with Gasteiger partial charge in [0.25, 0.3) is 0 Å². The summed E-state index contributed by atoms with van der Waals surface area (Å²) in [5.41, 5.74) is 3.76. The van der Waals surface area contributed by atoms with Crippen molar-refractivity contribution in [3.8, 4) is 0 Å². The number of hydrogen-bond donors (Lipinski definition) is 5. The normalized spacial score (nSPS) is 13.8. The van der Waals surface area contributed by atoms with E-state index in [-0.39, 0.29) is 37.9 Å². The number of amides is 4. The minimum atomic E-state index is -1.33. The third kappa shape index (κ3) is 13.8. The van der Waals surface area contributed by atoms with Crippen molar-refractivity contribution in [1.82, 2.24) is 31.2 Å². The van der Waals surface area contributed by atoms with Gasteiger partial charge in [-0.3, -0.25) is 19.6 Å². The molecule has 0 spiro atoms. The Bertz CT molecular complexity index is 1810. The number of aliphatic hydroxyl groups is 1. The zero-order valence-corrected chi connectivity index (χ0v) is 32.0. The van der Waals surface area contributed by atoms with E-state index < -0.39 is 54.3 Å². The summed E-state index contributed by atoms with van der Waals surface area (Å²) in [6.07, 6.45) is 0.663. The second-order valence-electron chi connectivity index (χ2n) is 14.1. The molecule has 2 aromatic carbocycles. The fourth-order valence-corrected chi connectivity index (χ4v) is 5.95. The average Bonchev–Trinajstić information content (AvgIpc) is 3.17. The number of nitrogens with one attached hydrogen (secondary N) is 4. The van der Waals surface area contributed by atoms with Crippen LogP contribution < -0.4 is 21.3 Å². The van der Waals surface area contributed by atoms with E-state index in [2.05, 4.69) is 31.2 Å². The molecule has 2 aromatic heterocycles. The first-order chi connectivity index (χ1) is 26.4. The molecular weight excluding hydrogens is 700 g/mol. The Morgan fingerprint density at radius 2 is 1.05 bits per heavy atom. The van der Waals surface area contributed by atoms with Crippen molar-refractivity contribution in [1.29, 1.82) is 0 Å². The molecule has 292 valence electrons. The Hall–Kier alpha value is -5.82. The summed E-state index contributed by atoms with van der Waals surface area (Å²) >= 11 is 0. The molecule has 5 N–H and O–H groups in total. The highest BCUT2D eigenvalue weighted by Gasteiger charge is 2.36. The van der Waals surface area contributed by atoms with Crippen LogP contribution in [0.25, 0.3) is 0 Å². The van der Waals surface area contributed by atoms with Crippen molar-refractivity contribution < 1.29 is 33.8 Å². The number of ether oxygens (including phenoxy) is 2. The smallest absolute Gasteiger partial charge is 0.408 e. The Kier molecular flexibility index (Phi) is 16.1. The number of carbonyl (C=O) groups excluding carboxylic acids is 4. The number of alkyl carbamates (subject to hydrolysis) is 2. The lowest BCUT2D eigenvalue weighted by Gasteiger charge is -2.34. The lowest BCUT2D eigenvalue weighted by atomic mass is 9.90. The van der Waals surface area contributed by atoms with Crippen LogP contribution in [0.15, 0.2) is 103 Å². The van der Waals surface area contributed by atoms with Gasteiger partial charge in [0, 0.05) is 12.4 Å². The van der Waals surface area contributed by atoms with E-state index in [4.69, 9.17) is 9.47 Å². The second-order valence-corrected chi connectivity index (χ2v) is 14.1. The lowest BCUT2D eigenvalue weighted by molar-refractivity contribution is -0.126. The third-order valence-electron chi connectivity index (χ3n) is 8.92. The molecule has 2 heterocycles. The van der Waals surface area contributed by atoms with Crippen LogP contribution in [0, 0.1) is 18.8 Å². The summed E-state index contributed by atoms with van der Waals surface area (Å²) in [7, 11) is 0. The molecule has 0 bridgehead atoms. The van der Waals surface area contributed by atoms with E-state index in [0.717, 1.165) is 16.7 Å². The van der Waals surface area contributed by atoms with Gasteiger partial charge >= 0.3 is 12.2 Å². The SMILES string of the molecule is Cc1cccc(C[C@H](NC(=O)[C@@H](NC(=O)OCc2ccccn2)C(C)C)[C@H](O)[C@H](Cc2ccccc2)NC(=O)[C@@H](NC(=O)OCc2ccccn2)C(C)C)c1. The Morgan fingerprint density at radius 3 is 1.49 bits per heavy atom. The number of carbonyl (C=O) groups is 4. The van der Waals surface area contributed by atoms with Crippen molar-refractivity contribution in [2.45, 2.75) is 90.9 Å². The topological polar surface area (TPSA) is 181 Å². The largest absolute Gasteiger partial charge is 0.443 e. The zero-order chi connectivity index (χ0) is 39.7. The number of hydrogen-bond acceptors (Lipinski definition) is 9. The fraction of sp³-hybridized carbons (Fsp3) is 0.381. The summed E-state index contributed by atoms with van der Waals surface area (Å²) in [4.78, 5) is 62.0. The minimum Gasteiger partial charge on any atom is -0.443 e. The van der Waals surface area contributed by atoms with Gasteiger partial charge in [-0.2, -0.15) is 0 Å². The molecule has 0 fully saturated rings. The van der Waals surface area contributed by atoms with E-state index in [0.29, 0.717) is 11.4 Å². The van der Waals surface area contributed by atoms with Gasteiger partial charge in [-0.1, -0.05) is 100.0 Å². The molecule has 0 aliphatic carbocycles. The van der Waals surface area contributed by atoms with E-state index >= 15 is 0 Å². The van der Waals surface area contributed by atoms with Crippen LogP contribution in [-0.4, -0.2) is 69.3 Å². The summed E-state index contributed by atoms with van der Waals surface area (Å²) in [6.45, 7) is 8.93. The highest BCUT2D eigenvalue weighted by molar-refractivity contribution is 5.87. The molecule has 4 rings (SSSR count). The Balaban J connectivity index is 1.56. The lowest BCUT2D eigenvalue weighted by Crippen LogP contribution is -2.61. The summed E-state index contributed by atoms with van der Waals surface area (Å²) in [5, 5.41) is 23.5. The predicted octanol–water partition coefficient (Wildman–Crippen LogP) is 4.80. The maximum absolute atomic E-state index is 14.0. The molecule has 13 nitrogen and oxygen atoms in total. The maximum atomic E-state index is 14.0. The van der Waals surface area contributed by atoms with Crippen LogP contribution in [0.5, 0.6) is 0 Å². The number of aromatic nitrogens is 2. The number of pyridine rings is 2. The van der Waals surface area contributed by atoms with E-state index in [1.54, 1.807) is 76.5 Å². The predicted molar refractivity (Wildman–Crippen MR) is 207 cm³/mol. The summed E-state index contributed by atoms with van der Waals surface area (Å²) in [6, 6.07) is 23.6. The van der Waals surface area contributed by atoms with Crippen molar-refractivity contribution >= 4 is 24.0 Å². The standard InChI is InChI=1S/C42H52N6O7/c1-27(2)36(47-41(52)54-25-32-18-9-11-20-43-32)39(50)45-34(23-30-15-7-6-8-16-30)38(49)35(24-31-17-13-14-29(5)22-31)46-40(51)37(28(3)4)48-42(53)55-26-33-19-10-12-21-44-33/h6-22,27-28,34-38,49H,23-26H2,1-5H3,(H,45,50)(H,46,51)(H,47,52)(H,48,53)/t34-,35-,36-,37-,38+/m0/s1. The monoisotopic (exact) mass is 752 g/mol. The van der Waals surface area contributed by atoms with E-state index in [1.807, 2.05) is 61.5 Å². The molecule has 0 saturated heterocycles. The molecule has 4 aromatic rings. The third-order valence-corrected chi connectivity index (χ3v) is 8.92. The quantitative estimate of drug-likeness (QED) is 0.0954. The summed E-state index contributed by atoms with van der Waals surface area (Å²) in [5.74, 6) is -1.78. The van der Waals surface area contributed by atoms with Crippen LogP contribution in [0.3, 0.4) is 0 Å². The molecule has 55 heavy (non-hydrogen) atoms. The van der Waals surface area contributed by atoms with Crippen molar-refractivity contribution in [2.24, 2.45) is 11.8 Å². The van der Waals surface area contributed by atoms with Gasteiger partial charge in [0.15, 0.2) is 0 Å². The van der Waals surface area contributed by atoms with Crippen molar-refractivity contribution in [3.05, 3.63) is 131 Å². The van der Waals surface area contributed by atoms with Gasteiger partial charge in [-0.05, 0) is 67.0 Å². The average molecular weight is 753 g/mol. The maximum Gasteiger partial charge on any atom is 0.408 e. The van der Waals surface area contributed by atoms with Crippen LogP contribution >= 0.6 is 0 Å². The van der Waals surface area contributed by atoms with Crippen LogP contribution in [0.4, 0.5) is 9.59 Å². The van der Waals surface area contributed by atoms with Crippen LogP contribution in [0.2, 0.25) is 0 Å². The molecule has 4 amide bonds. The molecule has 0 unspecified atom stereocenters. The Morgan fingerprint density at radius 1 is 0.600 bits per heavy atom. The van der Waals surface area contributed by atoms with Crippen LogP contribution in [0.1, 0.15) is 55.8 Å². The first-order valence-electron chi connectivity index (χ1n) is 18.4. The van der Waals surface area contributed by atoms with Crippen LogP contribution in [-0.2, 0) is 45.1 Å². The van der Waals surface area contributed by atoms with Gasteiger partial charge in [-0.15, -0.1) is 0 Å². The van der Waals surface area contributed by atoms with Gasteiger partial charge in [-0.25, -0.2) is 9.59 Å². The van der Waals surface area contributed by atoms with Gasteiger partial charge in [0.1, 0.15) is 25.3 Å². The number of aliphatic hydroxyl groups excluding tert-OH is 1. The molecule has 0 saturated carbocycles. The molecule has 13 heteroatoms. The fourth-order valence-electron chi connectivity index (χ4n) is 5.95. The molecule has 0 radical (unpaired) electrons. The second kappa shape index (κ2) is 21.2. The van der Waals surface area contributed by atoms with E-state index in [9.17, 15) is 24.3 Å². The van der Waals surface area contributed by atoms with Crippen molar-refractivity contribution in [3.63, 3.8) is 0 Å². The number of rotatable bonds is 18. The highest BCUT2D eigenvalue weighted by Crippen LogP contribution is 2.17. The number of nitrogens with zero attached hydrogens (tertiary/aromatic N) is 2. The van der Waals surface area contributed by atoms with Gasteiger partial charge in [0.2, 0.25) is 11.8 Å². The molecular formula is C42H52N6O7. The first-order valence-corrected chi connectivity index (χ1v) is 18.4. The number of benzene rings is 2. The van der Waals surface area contributed by atoms with Gasteiger partial charge < -0.3 is 35.8 Å².